The molecule has 1 aliphatic carbocycles. The molecule has 0 aliphatic heterocycles. The molecule has 1 fully saturated rings. The Balaban J connectivity index is 1.71. The summed E-state index contributed by atoms with van der Waals surface area (Å²) in [6, 6.07) is 7.89. The first-order valence-electron chi connectivity index (χ1n) is 11.9. The molecule has 1 unspecified atom stereocenters. The van der Waals surface area contributed by atoms with Gasteiger partial charge in [0.05, 0.1) is 12.5 Å². The molecule has 3 rings (SSSR count). The zero-order valence-corrected chi connectivity index (χ0v) is 22.0. The molecule has 1 heterocycles. The van der Waals surface area contributed by atoms with Crippen LogP contribution in [-0.2, 0) is 11.2 Å². The fourth-order valence-corrected chi connectivity index (χ4v) is 4.75. The van der Waals surface area contributed by atoms with Crippen molar-refractivity contribution in [2.45, 2.75) is 43.8 Å². The molecule has 1 saturated carbocycles. The highest BCUT2D eigenvalue weighted by Gasteiger charge is 2.67. The molecule has 0 bridgehead atoms. The molecule has 202 valence electrons. The van der Waals surface area contributed by atoms with Crippen LogP contribution >= 0.6 is 11.6 Å². The second-order valence-electron chi connectivity index (χ2n) is 9.56. The highest BCUT2D eigenvalue weighted by molar-refractivity contribution is 6.31. The van der Waals surface area contributed by atoms with Crippen molar-refractivity contribution >= 4 is 23.4 Å². The molecule has 0 spiro atoms. The van der Waals surface area contributed by atoms with E-state index in [2.05, 4.69) is 15.6 Å². The first kappa shape index (κ1) is 28.7. The Morgan fingerprint density at radius 3 is 2.41 bits per heavy atom. The molecule has 7 nitrogen and oxygen atoms in total. The third-order valence-corrected chi connectivity index (χ3v) is 7.40. The first-order valence-corrected chi connectivity index (χ1v) is 12.3. The van der Waals surface area contributed by atoms with Crippen LogP contribution in [0.3, 0.4) is 0 Å². The largest absolute Gasteiger partial charge is 0.481 e. The maximum absolute atomic E-state index is 14.0. The van der Waals surface area contributed by atoms with E-state index in [1.165, 1.54) is 26.4 Å². The van der Waals surface area contributed by atoms with Gasteiger partial charge in [0, 0.05) is 54.8 Å². The van der Waals surface area contributed by atoms with Crippen LogP contribution in [0.1, 0.15) is 46.7 Å². The van der Waals surface area contributed by atoms with E-state index < -0.39 is 23.4 Å². The molecule has 37 heavy (non-hydrogen) atoms. The Morgan fingerprint density at radius 1 is 1.22 bits per heavy atom. The fourth-order valence-electron chi connectivity index (χ4n) is 4.49. The van der Waals surface area contributed by atoms with Crippen molar-refractivity contribution in [1.82, 2.24) is 20.5 Å². The highest BCUT2D eigenvalue weighted by atomic mass is 35.5. The number of nitrogens with zero attached hydrogens (tertiary/aromatic N) is 2. The third-order valence-electron chi connectivity index (χ3n) is 7.04. The Labute approximate surface area is 219 Å². The van der Waals surface area contributed by atoms with Crippen molar-refractivity contribution in [2.24, 2.45) is 5.41 Å². The van der Waals surface area contributed by atoms with Crippen molar-refractivity contribution in [3.63, 3.8) is 0 Å². The number of carbonyl (C=O) groups is 2. The van der Waals surface area contributed by atoms with Crippen molar-refractivity contribution in [2.75, 3.05) is 34.8 Å². The number of carbonyl (C=O) groups excluding carboxylic acids is 2. The van der Waals surface area contributed by atoms with Gasteiger partial charge in [-0.1, -0.05) is 23.7 Å². The van der Waals surface area contributed by atoms with Gasteiger partial charge in [0.2, 0.25) is 11.8 Å². The van der Waals surface area contributed by atoms with Crippen molar-refractivity contribution in [3.05, 3.63) is 58.2 Å². The van der Waals surface area contributed by atoms with Gasteiger partial charge in [-0.25, -0.2) is 4.98 Å². The summed E-state index contributed by atoms with van der Waals surface area (Å²) in [7, 11) is 6.65. The number of hydrogen-bond acceptors (Lipinski definition) is 5. The molecule has 2 aromatic rings. The molecule has 2 N–H and O–H groups in total. The SMILES string of the molecule is CNC(=O)c1ccc(C[C@@H](CNC(=O)CC(c2ccc(OC)nc2)C2(C(F)(F)F)CC2)N(C)C)c(Cl)c1. The van der Waals surface area contributed by atoms with E-state index in [9.17, 15) is 22.8 Å². The van der Waals surface area contributed by atoms with Crippen LogP contribution in [0.4, 0.5) is 13.2 Å². The lowest BCUT2D eigenvalue weighted by Crippen LogP contribution is -2.42. The molecular formula is C26H32ClF3N4O3. The molecular weight excluding hydrogens is 509 g/mol. The first-order chi connectivity index (χ1) is 17.4. The van der Waals surface area contributed by atoms with Crippen LogP contribution < -0.4 is 15.4 Å². The second kappa shape index (κ2) is 11.7. The number of amides is 2. The zero-order chi connectivity index (χ0) is 27.4. The molecule has 2 atom stereocenters. The van der Waals surface area contributed by atoms with Gasteiger partial charge in [-0.05, 0) is 56.6 Å². The lowest BCUT2D eigenvalue weighted by Gasteiger charge is -2.30. The van der Waals surface area contributed by atoms with Gasteiger partial charge in [0.1, 0.15) is 0 Å². The number of hydrogen-bond donors (Lipinski definition) is 2. The number of halogens is 4. The third kappa shape index (κ3) is 6.73. The summed E-state index contributed by atoms with van der Waals surface area (Å²) >= 11 is 6.39. The quantitative estimate of drug-likeness (QED) is 0.446. The molecule has 0 radical (unpaired) electrons. The summed E-state index contributed by atoms with van der Waals surface area (Å²) < 4.78 is 47.0. The van der Waals surface area contributed by atoms with Gasteiger partial charge in [0.15, 0.2) is 0 Å². The fraction of sp³-hybridized carbons (Fsp3) is 0.500. The number of benzene rings is 1. The topological polar surface area (TPSA) is 83.6 Å². The highest BCUT2D eigenvalue weighted by Crippen LogP contribution is 2.66. The van der Waals surface area contributed by atoms with E-state index >= 15 is 0 Å². The van der Waals surface area contributed by atoms with E-state index in [1.807, 2.05) is 19.0 Å². The minimum Gasteiger partial charge on any atom is -0.481 e. The predicted octanol–water partition coefficient (Wildman–Crippen LogP) is 4.21. The van der Waals surface area contributed by atoms with Crippen LogP contribution in [0.15, 0.2) is 36.5 Å². The van der Waals surface area contributed by atoms with Crippen molar-refractivity contribution in [1.29, 1.82) is 0 Å². The number of pyridine rings is 1. The monoisotopic (exact) mass is 540 g/mol. The van der Waals surface area contributed by atoms with Gasteiger partial charge in [0.25, 0.3) is 5.91 Å². The summed E-state index contributed by atoms with van der Waals surface area (Å²) in [5.74, 6) is -1.47. The Morgan fingerprint density at radius 2 is 1.92 bits per heavy atom. The Hall–Kier alpha value is -2.85. The number of rotatable bonds is 11. The molecule has 2 amide bonds. The summed E-state index contributed by atoms with van der Waals surface area (Å²) in [6.45, 7) is 0.214. The number of methoxy groups -OCH3 is 1. The minimum atomic E-state index is -4.43. The van der Waals surface area contributed by atoms with E-state index in [-0.39, 0.29) is 37.8 Å². The van der Waals surface area contributed by atoms with E-state index in [0.29, 0.717) is 28.5 Å². The summed E-state index contributed by atoms with van der Waals surface area (Å²) in [6.07, 6.45) is -2.96. The number of ether oxygens (including phenoxy) is 1. The number of aromatic nitrogens is 1. The average Bonchev–Trinajstić information content (AvgIpc) is 3.67. The summed E-state index contributed by atoms with van der Waals surface area (Å²) in [4.78, 5) is 30.7. The van der Waals surface area contributed by atoms with E-state index in [4.69, 9.17) is 16.3 Å². The second-order valence-corrected chi connectivity index (χ2v) is 9.96. The van der Waals surface area contributed by atoms with Gasteiger partial charge in [-0.2, -0.15) is 13.2 Å². The summed E-state index contributed by atoms with van der Waals surface area (Å²) in [5.41, 5.74) is -0.346. The van der Waals surface area contributed by atoms with E-state index in [1.54, 1.807) is 24.3 Å². The van der Waals surface area contributed by atoms with Crippen LogP contribution in [0.2, 0.25) is 5.02 Å². The van der Waals surface area contributed by atoms with Gasteiger partial charge in [-0.3, -0.25) is 9.59 Å². The number of likely N-dealkylation sites (N-methyl/N-ethyl adjacent to an activating group) is 1. The average molecular weight is 541 g/mol. The van der Waals surface area contributed by atoms with Crippen molar-refractivity contribution < 1.29 is 27.5 Å². The molecule has 1 aromatic heterocycles. The van der Waals surface area contributed by atoms with E-state index in [0.717, 1.165) is 5.56 Å². The Kier molecular flexibility index (Phi) is 9.07. The van der Waals surface area contributed by atoms with Crippen molar-refractivity contribution in [3.8, 4) is 5.88 Å². The summed E-state index contributed by atoms with van der Waals surface area (Å²) in [5, 5.41) is 5.78. The van der Waals surface area contributed by atoms with Crippen LogP contribution in [0, 0.1) is 5.41 Å². The standard InChI is InChI=1S/C26H32ClF3N4O3/c1-31-24(36)17-6-5-16(21(27)12-17)11-19(34(2)3)15-32-22(35)13-20(25(9-10-25)26(28,29)30)18-7-8-23(37-4)33-14-18/h5-8,12,14,19-20H,9-11,13,15H2,1-4H3,(H,31,36)(H,32,35)/t19-,20?/m0/s1. The zero-order valence-electron chi connectivity index (χ0n) is 21.3. The van der Waals surface area contributed by atoms with Crippen LogP contribution in [-0.4, -0.2) is 68.7 Å². The lowest BCUT2D eigenvalue weighted by molar-refractivity contribution is -0.194. The maximum atomic E-state index is 14.0. The normalized spacial score (nSPS) is 16.1. The smallest absolute Gasteiger partial charge is 0.395 e. The van der Waals surface area contributed by atoms with Crippen LogP contribution in [0.25, 0.3) is 0 Å². The molecule has 11 heteroatoms. The number of nitrogens with one attached hydrogen (secondary N) is 2. The van der Waals surface area contributed by atoms with Gasteiger partial charge >= 0.3 is 6.18 Å². The predicted molar refractivity (Wildman–Crippen MR) is 135 cm³/mol. The Bertz CT molecular complexity index is 1110. The minimum absolute atomic E-state index is 0.0225. The van der Waals surface area contributed by atoms with Crippen LogP contribution in [0.5, 0.6) is 5.88 Å². The molecule has 1 aromatic carbocycles. The number of alkyl halides is 3. The lowest BCUT2D eigenvalue weighted by atomic mass is 9.80. The molecule has 0 saturated heterocycles. The van der Waals surface area contributed by atoms with Gasteiger partial charge in [-0.15, -0.1) is 0 Å². The molecule has 1 aliphatic rings. The van der Waals surface area contributed by atoms with Gasteiger partial charge < -0.3 is 20.3 Å². The maximum Gasteiger partial charge on any atom is 0.395 e.